The summed E-state index contributed by atoms with van der Waals surface area (Å²) in [7, 11) is 1.70. The van der Waals surface area contributed by atoms with Crippen molar-refractivity contribution in [3.05, 3.63) is 64.2 Å². The molecule has 0 aliphatic carbocycles. The molecule has 2 aromatic rings. The SMILES string of the molecule is CN(CCCOc1ccc(Cl)cc1)C(=O)c1ccc2c(c1)C(=O)N(CC1CCCO1)C2=O. The Balaban J connectivity index is 1.33. The zero-order chi connectivity index (χ0) is 22.7. The summed E-state index contributed by atoms with van der Waals surface area (Å²) in [5.74, 6) is -0.184. The summed E-state index contributed by atoms with van der Waals surface area (Å²) in [6.07, 6.45) is 2.30. The number of benzene rings is 2. The first-order valence-corrected chi connectivity index (χ1v) is 11.1. The zero-order valence-corrected chi connectivity index (χ0v) is 18.6. The number of ether oxygens (including phenoxy) is 2. The lowest BCUT2D eigenvalue weighted by atomic mass is 10.0. The van der Waals surface area contributed by atoms with Crippen molar-refractivity contribution in [2.75, 3.05) is 33.4 Å². The van der Waals surface area contributed by atoms with E-state index in [4.69, 9.17) is 21.1 Å². The molecule has 1 atom stereocenters. The van der Waals surface area contributed by atoms with E-state index in [1.54, 1.807) is 48.3 Å². The van der Waals surface area contributed by atoms with E-state index >= 15 is 0 Å². The van der Waals surface area contributed by atoms with E-state index in [-0.39, 0.29) is 35.9 Å². The van der Waals surface area contributed by atoms with Gasteiger partial charge in [-0.05, 0) is 61.7 Å². The van der Waals surface area contributed by atoms with Crippen LogP contribution in [-0.4, -0.2) is 67.0 Å². The molecular formula is C24H25ClN2O5. The number of hydrogen-bond acceptors (Lipinski definition) is 5. The van der Waals surface area contributed by atoms with Gasteiger partial charge in [-0.1, -0.05) is 11.6 Å². The quantitative estimate of drug-likeness (QED) is 0.447. The molecule has 3 amide bonds. The number of carbonyl (C=O) groups is 3. The van der Waals surface area contributed by atoms with Gasteiger partial charge in [0.25, 0.3) is 17.7 Å². The van der Waals surface area contributed by atoms with Crippen molar-refractivity contribution in [1.82, 2.24) is 9.80 Å². The normalized spacial score (nSPS) is 17.6. The summed E-state index contributed by atoms with van der Waals surface area (Å²) < 4.78 is 11.2. The monoisotopic (exact) mass is 456 g/mol. The van der Waals surface area contributed by atoms with Crippen molar-refractivity contribution < 1.29 is 23.9 Å². The molecule has 1 unspecified atom stereocenters. The Labute approximate surface area is 191 Å². The molecule has 0 aromatic heterocycles. The van der Waals surface area contributed by atoms with Crippen molar-refractivity contribution in [1.29, 1.82) is 0 Å². The number of amides is 3. The number of hydrogen-bond donors (Lipinski definition) is 0. The first-order chi connectivity index (χ1) is 15.4. The molecule has 0 saturated carbocycles. The number of carbonyl (C=O) groups excluding carboxylic acids is 3. The number of halogens is 1. The molecule has 0 N–H and O–H groups in total. The van der Waals surface area contributed by atoms with E-state index in [1.807, 2.05) is 0 Å². The summed E-state index contributed by atoms with van der Waals surface area (Å²) in [6.45, 7) is 1.85. The van der Waals surface area contributed by atoms with Gasteiger partial charge in [0.2, 0.25) is 0 Å². The minimum absolute atomic E-state index is 0.112. The number of rotatable bonds is 8. The van der Waals surface area contributed by atoms with Crippen LogP contribution in [0.1, 0.15) is 50.3 Å². The molecule has 168 valence electrons. The highest BCUT2D eigenvalue weighted by Crippen LogP contribution is 2.26. The highest BCUT2D eigenvalue weighted by Gasteiger charge is 2.38. The third-order valence-corrected chi connectivity index (χ3v) is 5.95. The van der Waals surface area contributed by atoms with Gasteiger partial charge in [0.15, 0.2) is 0 Å². The van der Waals surface area contributed by atoms with E-state index in [0.29, 0.717) is 42.3 Å². The first kappa shape index (κ1) is 22.3. The molecule has 7 nitrogen and oxygen atoms in total. The average molecular weight is 457 g/mol. The van der Waals surface area contributed by atoms with Gasteiger partial charge in [-0.2, -0.15) is 0 Å². The molecule has 0 bridgehead atoms. The van der Waals surface area contributed by atoms with Crippen LogP contribution in [0.4, 0.5) is 0 Å². The van der Waals surface area contributed by atoms with Crippen molar-refractivity contribution in [2.45, 2.75) is 25.4 Å². The Hall–Kier alpha value is -2.90. The second-order valence-electron chi connectivity index (χ2n) is 8.00. The highest BCUT2D eigenvalue weighted by molar-refractivity contribution is 6.30. The minimum atomic E-state index is -0.367. The van der Waals surface area contributed by atoms with Crippen LogP contribution >= 0.6 is 11.6 Å². The standard InChI is InChI=1S/C24H25ClN2O5/c1-26(11-3-13-31-18-8-6-17(25)7-9-18)22(28)16-5-10-20-21(14-16)24(30)27(23(20)29)15-19-4-2-12-32-19/h5-10,14,19H,2-4,11-13,15H2,1H3. The highest BCUT2D eigenvalue weighted by atomic mass is 35.5. The maximum absolute atomic E-state index is 12.8. The lowest BCUT2D eigenvalue weighted by molar-refractivity contribution is 0.0475. The Kier molecular flexibility index (Phi) is 6.77. The van der Waals surface area contributed by atoms with Gasteiger partial charge in [-0.25, -0.2) is 0 Å². The fourth-order valence-electron chi connectivity index (χ4n) is 3.93. The number of imide groups is 1. The van der Waals surface area contributed by atoms with Crippen molar-refractivity contribution >= 4 is 29.3 Å². The van der Waals surface area contributed by atoms with Crippen LogP contribution in [0, 0.1) is 0 Å². The molecule has 2 aliphatic rings. The van der Waals surface area contributed by atoms with Gasteiger partial charge in [0, 0.05) is 30.8 Å². The Morgan fingerprint density at radius 1 is 1.16 bits per heavy atom. The fourth-order valence-corrected chi connectivity index (χ4v) is 4.05. The smallest absolute Gasteiger partial charge is 0.261 e. The third-order valence-electron chi connectivity index (χ3n) is 5.69. The van der Waals surface area contributed by atoms with Crippen LogP contribution in [0.3, 0.4) is 0 Å². The van der Waals surface area contributed by atoms with Gasteiger partial charge >= 0.3 is 0 Å². The third kappa shape index (κ3) is 4.79. The minimum Gasteiger partial charge on any atom is -0.494 e. The molecule has 2 aliphatic heterocycles. The van der Waals surface area contributed by atoms with Crippen molar-refractivity contribution in [3.63, 3.8) is 0 Å². The van der Waals surface area contributed by atoms with Gasteiger partial charge in [0.05, 0.1) is 30.4 Å². The van der Waals surface area contributed by atoms with E-state index in [0.717, 1.165) is 18.6 Å². The molecule has 1 fully saturated rings. The summed E-state index contributed by atoms with van der Waals surface area (Å²) in [5.41, 5.74) is 0.992. The van der Waals surface area contributed by atoms with Crippen LogP contribution in [0.5, 0.6) is 5.75 Å². The second-order valence-corrected chi connectivity index (χ2v) is 8.44. The molecule has 4 rings (SSSR count). The topological polar surface area (TPSA) is 76.2 Å². The molecule has 2 heterocycles. The van der Waals surface area contributed by atoms with Crippen LogP contribution in [0.25, 0.3) is 0 Å². The fraction of sp³-hybridized carbons (Fsp3) is 0.375. The summed E-state index contributed by atoms with van der Waals surface area (Å²) >= 11 is 5.86. The molecule has 1 saturated heterocycles. The molecule has 8 heteroatoms. The summed E-state index contributed by atoms with van der Waals surface area (Å²) in [4.78, 5) is 41.1. The zero-order valence-electron chi connectivity index (χ0n) is 17.9. The largest absolute Gasteiger partial charge is 0.494 e. The lowest BCUT2D eigenvalue weighted by Crippen LogP contribution is -2.36. The van der Waals surface area contributed by atoms with Crippen LogP contribution < -0.4 is 4.74 Å². The van der Waals surface area contributed by atoms with Crippen molar-refractivity contribution in [2.24, 2.45) is 0 Å². The van der Waals surface area contributed by atoms with E-state index < -0.39 is 0 Å². The first-order valence-electron chi connectivity index (χ1n) is 10.7. The predicted molar refractivity (Wildman–Crippen MR) is 119 cm³/mol. The van der Waals surface area contributed by atoms with E-state index in [2.05, 4.69) is 0 Å². The predicted octanol–water partition coefficient (Wildman–Crippen LogP) is 3.66. The number of nitrogens with zero attached hydrogens (tertiary/aromatic N) is 2. The Bertz CT molecular complexity index is 1020. The molecule has 32 heavy (non-hydrogen) atoms. The van der Waals surface area contributed by atoms with Gasteiger partial charge < -0.3 is 14.4 Å². The maximum atomic E-state index is 12.8. The van der Waals surface area contributed by atoms with Crippen LogP contribution in [-0.2, 0) is 4.74 Å². The van der Waals surface area contributed by atoms with E-state index in [9.17, 15) is 14.4 Å². The molecule has 2 aromatic carbocycles. The van der Waals surface area contributed by atoms with Crippen LogP contribution in [0.15, 0.2) is 42.5 Å². The molecular weight excluding hydrogens is 432 g/mol. The van der Waals surface area contributed by atoms with Gasteiger partial charge in [-0.15, -0.1) is 0 Å². The van der Waals surface area contributed by atoms with Gasteiger partial charge in [0.1, 0.15) is 5.75 Å². The lowest BCUT2D eigenvalue weighted by Gasteiger charge is -2.18. The average Bonchev–Trinajstić information content (AvgIpc) is 3.40. The van der Waals surface area contributed by atoms with Gasteiger partial charge in [-0.3, -0.25) is 19.3 Å². The van der Waals surface area contributed by atoms with E-state index in [1.165, 1.54) is 11.0 Å². The Morgan fingerprint density at radius 3 is 2.62 bits per heavy atom. The van der Waals surface area contributed by atoms with Crippen LogP contribution in [0.2, 0.25) is 5.02 Å². The Morgan fingerprint density at radius 2 is 1.91 bits per heavy atom. The summed E-state index contributed by atoms with van der Waals surface area (Å²) in [6, 6.07) is 11.8. The molecule has 0 spiro atoms. The molecule has 0 radical (unpaired) electrons. The van der Waals surface area contributed by atoms with Crippen molar-refractivity contribution in [3.8, 4) is 5.75 Å². The maximum Gasteiger partial charge on any atom is 0.261 e. The second kappa shape index (κ2) is 9.71. The summed E-state index contributed by atoms with van der Waals surface area (Å²) in [5, 5.41) is 0.646. The number of fused-ring (bicyclic) bond motifs is 1.